The lowest BCUT2D eigenvalue weighted by molar-refractivity contribution is -0.133. The van der Waals surface area contributed by atoms with E-state index in [0.29, 0.717) is 6.61 Å². The Hall–Kier alpha value is -1.46. The molecule has 108 valence electrons. The van der Waals surface area contributed by atoms with Gasteiger partial charge in [-0.25, -0.2) is 4.39 Å². The molecule has 1 aliphatic carbocycles. The van der Waals surface area contributed by atoms with Crippen molar-refractivity contribution >= 4 is 5.91 Å². The van der Waals surface area contributed by atoms with Crippen molar-refractivity contribution in [2.45, 2.75) is 37.5 Å². The van der Waals surface area contributed by atoms with Gasteiger partial charge in [0.2, 0.25) is 5.91 Å². The molecule has 1 saturated heterocycles. The smallest absolute Gasteiger partial charge is 0.244 e. The minimum Gasteiger partial charge on any atom is -0.383 e. The molecule has 1 aliphatic heterocycles. The molecule has 2 aliphatic rings. The van der Waals surface area contributed by atoms with Crippen LogP contribution >= 0.6 is 0 Å². The summed E-state index contributed by atoms with van der Waals surface area (Å²) in [6.45, 7) is 2.46. The third kappa shape index (κ3) is 2.11. The molecule has 2 fully saturated rings. The lowest BCUT2D eigenvalue weighted by Gasteiger charge is -2.30. The van der Waals surface area contributed by atoms with Gasteiger partial charge < -0.3 is 9.64 Å². The monoisotopic (exact) mass is 278 g/mol. The van der Waals surface area contributed by atoms with Gasteiger partial charge in [-0.3, -0.25) is 10.1 Å². The summed E-state index contributed by atoms with van der Waals surface area (Å²) in [5, 5.41) is 3.41. The predicted molar refractivity (Wildman–Crippen MR) is 72.4 cm³/mol. The van der Waals surface area contributed by atoms with E-state index in [2.05, 4.69) is 5.32 Å². The molecule has 3 rings (SSSR count). The fourth-order valence-corrected chi connectivity index (χ4v) is 2.91. The highest BCUT2D eigenvalue weighted by molar-refractivity contribution is 5.92. The fraction of sp³-hybridized carbons (Fsp3) is 0.533. The highest BCUT2D eigenvalue weighted by Gasteiger charge is 2.60. The summed E-state index contributed by atoms with van der Waals surface area (Å²) in [4.78, 5) is 14.4. The first kappa shape index (κ1) is 13.5. The molecule has 4 nitrogen and oxygen atoms in total. The second-order valence-electron chi connectivity index (χ2n) is 5.70. The molecule has 20 heavy (non-hydrogen) atoms. The van der Waals surface area contributed by atoms with E-state index in [1.54, 1.807) is 19.2 Å². The SMILES string of the molecule is COCC(C)N1C(=O)C2(CC2)NC1c1ccc(F)cc1. The number of ether oxygens (including phenoxy) is 1. The molecule has 0 radical (unpaired) electrons. The lowest BCUT2D eigenvalue weighted by atomic mass is 10.1. The summed E-state index contributed by atoms with van der Waals surface area (Å²) >= 11 is 0. The number of halogens is 1. The Kier molecular flexibility index (Phi) is 3.26. The molecule has 1 saturated carbocycles. The molecule has 1 spiro atoms. The van der Waals surface area contributed by atoms with Gasteiger partial charge in [0.15, 0.2) is 0 Å². The molecular weight excluding hydrogens is 259 g/mol. The van der Waals surface area contributed by atoms with E-state index >= 15 is 0 Å². The van der Waals surface area contributed by atoms with E-state index in [0.717, 1.165) is 18.4 Å². The Balaban J connectivity index is 1.90. The number of hydrogen-bond donors (Lipinski definition) is 1. The van der Waals surface area contributed by atoms with E-state index in [1.165, 1.54) is 12.1 Å². The van der Waals surface area contributed by atoms with E-state index in [-0.39, 0.29) is 29.5 Å². The average Bonchev–Trinajstić information content (AvgIpc) is 3.14. The minimum atomic E-state index is -0.388. The molecule has 1 heterocycles. The number of methoxy groups -OCH3 is 1. The van der Waals surface area contributed by atoms with Gasteiger partial charge in [-0.05, 0) is 37.5 Å². The van der Waals surface area contributed by atoms with Crippen LogP contribution in [0.25, 0.3) is 0 Å². The molecule has 1 N–H and O–H groups in total. The van der Waals surface area contributed by atoms with Gasteiger partial charge in [-0.2, -0.15) is 0 Å². The maximum Gasteiger partial charge on any atom is 0.244 e. The largest absolute Gasteiger partial charge is 0.383 e. The highest BCUT2D eigenvalue weighted by atomic mass is 19.1. The van der Waals surface area contributed by atoms with Crippen LogP contribution in [0.3, 0.4) is 0 Å². The Morgan fingerprint density at radius 1 is 1.45 bits per heavy atom. The number of carbonyl (C=O) groups excluding carboxylic acids is 1. The fourth-order valence-electron chi connectivity index (χ4n) is 2.91. The summed E-state index contributed by atoms with van der Waals surface area (Å²) in [6.07, 6.45) is 1.55. The molecule has 0 bridgehead atoms. The van der Waals surface area contributed by atoms with Gasteiger partial charge in [0.25, 0.3) is 0 Å². The van der Waals surface area contributed by atoms with Gasteiger partial charge in [0.05, 0.1) is 12.6 Å². The van der Waals surface area contributed by atoms with Crippen molar-refractivity contribution in [3.05, 3.63) is 35.6 Å². The topological polar surface area (TPSA) is 41.6 Å². The summed E-state index contributed by atoms with van der Waals surface area (Å²) in [6, 6.07) is 6.30. The van der Waals surface area contributed by atoms with Gasteiger partial charge in [0, 0.05) is 7.11 Å². The summed E-state index contributed by atoms with van der Waals surface area (Å²) in [7, 11) is 1.63. The van der Waals surface area contributed by atoms with Crippen molar-refractivity contribution in [1.29, 1.82) is 0 Å². The van der Waals surface area contributed by atoms with Gasteiger partial charge in [-0.15, -0.1) is 0 Å². The van der Waals surface area contributed by atoms with E-state index in [9.17, 15) is 9.18 Å². The molecule has 1 aromatic carbocycles. The second-order valence-corrected chi connectivity index (χ2v) is 5.70. The third-order valence-electron chi connectivity index (χ3n) is 4.15. The van der Waals surface area contributed by atoms with E-state index in [4.69, 9.17) is 4.74 Å². The van der Waals surface area contributed by atoms with Crippen LogP contribution in [0.1, 0.15) is 31.5 Å². The first-order valence-electron chi connectivity index (χ1n) is 6.92. The average molecular weight is 278 g/mol. The van der Waals surface area contributed by atoms with Crippen LogP contribution in [0.15, 0.2) is 24.3 Å². The number of rotatable bonds is 4. The highest BCUT2D eigenvalue weighted by Crippen LogP contribution is 2.46. The number of amides is 1. The third-order valence-corrected chi connectivity index (χ3v) is 4.15. The Morgan fingerprint density at radius 2 is 2.10 bits per heavy atom. The number of benzene rings is 1. The van der Waals surface area contributed by atoms with Crippen molar-refractivity contribution in [2.75, 3.05) is 13.7 Å². The standard InChI is InChI=1S/C15H19FN2O2/c1-10(9-20-2)18-13(11-3-5-12(16)6-4-11)17-15(7-8-15)14(18)19/h3-6,10,13,17H,7-9H2,1-2H3. The molecule has 1 aromatic rings. The van der Waals surface area contributed by atoms with Crippen LogP contribution in [-0.2, 0) is 9.53 Å². The maximum absolute atomic E-state index is 13.1. The maximum atomic E-state index is 13.1. The Bertz CT molecular complexity index is 513. The van der Waals surface area contributed by atoms with Gasteiger partial charge in [-0.1, -0.05) is 12.1 Å². The zero-order valence-electron chi connectivity index (χ0n) is 11.7. The second kappa shape index (κ2) is 4.82. The first-order chi connectivity index (χ1) is 9.57. The zero-order valence-corrected chi connectivity index (χ0v) is 11.7. The Morgan fingerprint density at radius 3 is 2.65 bits per heavy atom. The van der Waals surface area contributed by atoms with Crippen molar-refractivity contribution in [3.8, 4) is 0 Å². The summed E-state index contributed by atoms with van der Waals surface area (Å²) in [5.41, 5.74) is 0.521. The van der Waals surface area contributed by atoms with Crippen LogP contribution in [0.4, 0.5) is 4.39 Å². The number of nitrogens with zero attached hydrogens (tertiary/aromatic N) is 1. The van der Waals surface area contributed by atoms with Gasteiger partial charge in [0.1, 0.15) is 17.5 Å². The van der Waals surface area contributed by atoms with Crippen molar-refractivity contribution in [1.82, 2.24) is 10.2 Å². The number of carbonyl (C=O) groups is 1. The molecule has 5 heteroatoms. The van der Waals surface area contributed by atoms with E-state index < -0.39 is 0 Å². The van der Waals surface area contributed by atoms with Gasteiger partial charge >= 0.3 is 0 Å². The first-order valence-corrected chi connectivity index (χ1v) is 6.92. The molecular formula is C15H19FN2O2. The Labute approximate surface area is 117 Å². The normalized spacial score (nSPS) is 25.2. The quantitative estimate of drug-likeness (QED) is 0.913. The molecule has 2 atom stereocenters. The summed E-state index contributed by atoms with van der Waals surface area (Å²) < 4.78 is 18.2. The minimum absolute atomic E-state index is 0.0185. The predicted octanol–water partition coefficient (Wildman–Crippen LogP) is 1.82. The number of hydrogen-bond acceptors (Lipinski definition) is 3. The molecule has 1 amide bonds. The lowest BCUT2D eigenvalue weighted by Crippen LogP contribution is -2.41. The van der Waals surface area contributed by atoms with Crippen LogP contribution < -0.4 is 5.32 Å². The molecule has 0 aromatic heterocycles. The van der Waals surface area contributed by atoms with Crippen LogP contribution in [0.2, 0.25) is 0 Å². The number of nitrogens with one attached hydrogen (secondary N) is 1. The van der Waals surface area contributed by atoms with Crippen LogP contribution in [0.5, 0.6) is 0 Å². The zero-order chi connectivity index (χ0) is 14.3. The van der Waals surface area contributed by atoms with E-state index in [1.807, 2.05) is 11.8 Å². The van der Waals surface area contributed by atoms with Crippen LogP contribution in [-0.4, -0.2) is 36.1 Å². The van der Waals surface area contributed by atoms with Crippen molar-refractivity contribution < 1.29 is 13.9 Å². The van der Waals surface area contributed by atoms with Crippen LogP contribution in [0, 0.1) is 5.82 Å². The molecule has 2 unspecified atom stereocenters. The van der Waals surface area contributed by atoms with Crippen molar-refractivity contribution in [2.24, 2.45) is 0 Å². The summed E-state index contributed by atoms with van der Waals surface area (Å²) in [5.74, 6) is -0.132. The van der Waals surface area contributed by atoms with Crippen molar-refractivity contribution in [3.63, 3.8) is 0 Å².